The SMILES string of the molecule is CC(C)CN1C(=O)C(C)CN(C(=O)c2ccccc2)c2ccccc21. The van der Waals surface area contributed by atoms with Gasteiger partial charge in [-0.3, -0.25) is 9.59 Å². The zero-order valence-electron chi connectivity index (χ0n) is 15.0. The molecule has 1 aliphatic rings. The van der Waals surface area contributed by atoms with Crippen molar-refractivity contribution < 1.29 is 9.59 Å². The van der Waals surface area contributed by atoms with E-state index in [2.05, 4.69) is 13.8 Å². The van der Waals surface area contributed by atoms with Crippen LogP contribution < -0.4 is 9.80 Å². The summed E-state index contributed by atoms with van der Waals surface area (Å²) in [6, 6.07) is 16.9. The molecular weight excluding hydrogens is 312 g/mol. The van der Waals surface area contributed by atoms with Gasteiger partial charge in [0.1, 0.15) is 0 Å². The molecule has 1 unspecified atom stereocenters. The first kappa shape index (κ1) is 17.2. The van der Waals surface area contributed by atoms with Crippen molar-refractivity contribution in [2.45, 2.75) is 20.8 Å². The predicted octanol–water partition coefficient (Wildman–Crippen LogP) is 3.97. The van der Waals surface area contributed by atoms with Crippen LogP contribution >= 0.6 is 0 Å². The molecule has 2 amide bonds. The number of nitrogens with zero attached hydrogens (tertiary/aromatic N) is 2. The van der Waals surface area contributed by atoms with E-state index in [1.165, 1.54) is 0 Å². The maximum atomic E-state index is 13.1. The van der Waals surface area contributed by atoms with Crippen LogP contribution in [0.2, 0.25) is 0 Å². The number of benzene rings is 2. The lowest BCUT2D eigenvalue weighted by atomic mass is 10.1. The van der Waals surface area contributed by atoms with Crippen molar-refractivity contribution in [2.24, 2.45) is 11.8 Å². The van der Waals surface area contributed by atoms with Crippen LogP contribution in [0.1, 0.15) is 31.1 Å². The molecule has 3 rings (SSSR count). The molecule has 0 aliphatic carbocycles. The van der Waals surface area contributed by atoms with Crippen molar-refractivity contribution in [3.05, 3.63) is 60.2 Å². The zero-order valence-corrected chi connectivity index (χ0v) is 15.0. The highest BCUT2D eigenvalue weighted by molar-refractivity contribution is 6.11. The fourth-order valence-electron chi connectivity index (χ4n) is 3.24. The van der Waals surface area contributed by atoms with Gasteiger partial charge in [0.05, 0.1) is 17.3 Å². The highest BCUT2D eigenvalue weighted by Gasteiger charge is 2.34. The van der Waals surface area contributed by atoms with E-state index in [0.717, 1.165) is 11.4 Å². The van der Waals surface area contributed by atoms with Gasteiger partial charge in [0.15, 0.2) is 0 Å². The van der Waals surface area contributed by atoms with E-state index in [1.807, 2.05) is 66.4 Å². The lowest BCUT2D eigenvalue weighted by Gasteiger charge is -2.26. The summed E-state index contributed by atoms with van der Waals surface area (Å²) >= 11 is 0. The summed E-state index contributed by atoms with van der Waals surface area (Å²) < 4.78 is 0. The van der Waals surface area contributed by atoms with Crippen molar-refractivity contribution in [2.75, 3.05) is 22.9 Å². The Kier molecular flexibility index (Phi) is 4.88. The summed E-state index contributed by atoms with van der Waals surface area (Å²) in [4.78, 5) is 29.6. The third kappa shape index (κ3) is 3.43. The molecule has 0 fully saturated rings. The van der Waals surface area contributed by atoms with Crippen LogP contribution in [-0.2, 0) is 4.79 Å². The maximum Gasteiger partial charge on any atom is 0.258 e. The summed E-state index contributed by atoms with van der Waals surface area (Å²) in [6.07, 6.45) is 0. The molecule has 25 heavy (non-hydrogen) atoms. The van der Waals surface area contributed by atoms with Gasteiger partial charge >= 0.3 is 0 Å². The Balaban J connectivity index is 2.08. The average Bonchev–Trinajstić information content (AvgIpc) is 2.72. The molecular formula is C21H24N2O2. The number of hydrogen-bond acceptors (Lipinski definition) is 2. The fourth-order valence-corrected chi connectivity index (χ4v) is 3.24. The summed E-state index contributed by atoms with van der Waals surface area (Å²) in [5.41, 5.74) is 2.25. The first-order chi connectivity index (χ1) is 12.0. The quantitative estimate of drug-likeness (QED) is 0.851. The van der Waals surface area contributed by atoms with Crippen molar-refractivity contribution in [1.29, 1.82) is 0 Å². The number of fused-ring (bicyclic) bond motifs is 1. The Bertz CT molecular complexity index is 770. The molecule has 1 atom stereocenters. The Morgan fingerprint density at radius 3 is 2.28 bits per heavy atom. The summed E-state index contributed by atoms with van der Waals surface area (Å²) in [6.45, 7) is 7.12. The van der Waals surface area contributed by atoms with Gasteiger partial charge in [0.25, 0.3) is 5.91 Å². The number of anilines is 2. The van der Waals surface area contributed by atoms with Gasteiger partial charge < -0.3 is 9.80 Å². The third-order valence-electron chi connectivity index (χ3n) is 4.42. The summed E-state index contributed by atoms with van der Waals surface area (Å²) in [5.74, 6) is 0.100. The van der Waals surface area contributed by atoms with Gasteiger partial charge in [0, 0.05) is 18.7 Å². The molecule has 0 saturated carbocycles. The van der Waals surface area contributed by atoms with Crippen molar-refractivity contribution in [3.8, 4) is 0 Å². The molecule has 130 valence electrons. The molecule has 4 nitrogen and oxygen atoms in total. The van der Waals surface area contributed by atoms with Crippen LogP contribution in [-0.4, -0.2) is 24.9 Å². The maximum absolute atomic E-state index is 13.1. The van der Waals surface area contributed by atoms with Crippen LogP contribution in [0, 0.1) is 11.8 Å². The van der Waals surface area contributed by atoms with Crippen molar-refractivity contribution in [1.82, 2.24) is 0 Å². The van der Waals surface area contributed by atoms with Crippen LogP contribution in [0.15, 0.2) is 54.6 Å². The molecule has 0 bridgehead atoms. The minimum atomic E-state index is -0.251. The largest absolute Gasteiger partial charge is 0.310 e. The number of rotatable bonds is 3. The topological polar surface area (TPSA) is 40.6 Å². The van der Waals surface area contributed by atoms with E-state index in [0.29, 0.717) is 24.6 Å². The third-order valence-corrected chi connectivity index (χ3v) is 4.42. The molecule has 4 heteroatoms. The standard InChI is InChI=1S/C21H24N2O2/c1-15(2)13-22-18-11-7-8-12-19(18)23(14-16(3)20(22)24)21(25)17-9-5-4-6-10-17/h4-12,15-16H,13-14H2,1-3H3. The lowest BCUT2D eigenvalue weighted by Crippen LogP contribution is -2.39. The number of carbonyl (C=O) groups is 2. The van der Waals surface area contributed by atoms with E-state index in [9.17, 15) is 9.59 Å². The minimum absolute atomic E-state index is 0.0703. The summed E-state index contributed by atoms with van der Waals surface area (Å²) in [5, 5.41) is 0. The van der Waals surface area contributed by atoms with Crippen LogP contribution in [0.25, 0.3) is 0 Å². The molecule has 0 saturated heterocycles. The fraction of sp³-hybridized carbons (Fsp3) is 0.333. The molecule has 1 heterocycles. The van der Waals surface area contributed by atoms with Gasteiger partial charge in [-0.1, -0.05) is 51.1 Å². The zero-order chi connectivity index (χ0) is 18.0. The molecule has 0 spiro atoms. The number of hydrogen-bond donors (Lipinski definition) is 0. The smallest absolute Gasteiger partial charge is 0.258 e. The minimum Gasteiger partial charge on any atom is -0.310 e. The van der Waals surface area contributed by atoms with E-state index < -0.39 is 0 Å². The number of para-hydroxylation sites is 2. The molecule has 0 aromatic heterocycles. The highest BCUT2D eigenvalue weighted by atomic mass is 16.2. The Morgan fingerprint density at radius 1 is 1.04 bits per heavy atom. The molecule has 2 aromatic carbocycles. The first-order valence-electron chi connectivity index (χ1n) is 8.76. The van der Waals surface area contributed by atoms with Crippen molar-refractivity contribution in [3.63, 3.8) is 0 Å². The summed E-state index contributed by atoms with van der Waals surface area (Å²) in [7, 11) is 0. The highest BCUT2D eigenvalue weighted by Crippen LogP contribution is 2.35. The van der Waals surface area contributed by atoms with E-state index in [4.69, 9.17) is 0 Å². The van der Waals surface area contributed by atoms with Crippen LogP contribution in [0.5, 0.6) is 0 Å². The Labute approximate surface area is 149 Å². The number of amides is 2. The van der Waals surface area contributed by atoms with Crippen LogP contribution in [0.3, 0.4) is 0 Å². The average molecular weight is 336 g/mol. The van der Waals surface area contributed by atoms with E-state index in [1.54, 1.807) is 4.90 Å². The van der Waals surface area contributed by atoms with Gasteiger partial charge in [0.2, 0.25) is 5.91 Å². The van der Waals surface area contributed by atoms with Gasteiger partial charge in [-0.05, 0) is 30.2 Å². The molecule has 0 radical (unpaired) electrons. The predicted molar refractivity (Wildman–Crippen MR) is 101 cm³/mol. The van der Waals surface area contributed by atoms with E-state index >= 15 is 0 Å². The van der Waals surface area contributed by atoms with Gasteiger partial charge in [-0.15, -0.1) is 0 Å². The lowest BCUT2D eigenvalue weighted by molar-refractivity contribution is -0.121. The monoisotopic (exact) mass is 336 g/mol. The van der Waals surface area contributed by atoms with Crippen molar-refractivity contribution >= 4 is 23.2 Å². The van der Waals surface area contributed by atoms with Gasteiger partial charge in [-0.2, -0.15) is 0 Å². The normalized spacial score (nSPS) is 17.4. The second kappa shape index (κ2) is 7.09. The first-order valence-corrected chi connectivity index (χ1v) is 8.76. The van der Waals surface area contributed by atoms with E-state index in [-0.39, 0.29) is 17.7 Å². The second-order valence-corrected chi connectivity index (χ2v) is 7.01. The number of carbonyl (C=O) groups excluding carboxylic acids is 2. The molecule has 0 N–H and O–H groups in total. The molecule has 1 aliphatic heterocycles. The molecule has 2 aromatic rings. The Morgan fingerprint density at radius 2 is 1.64 bits per heavy atom. The Hall–Kier alpha value is -2.62. The second-order valence-electron chi connectivity index (χ2n) is 7.01. The van der Waals surface area contributed by atoms with Crippen LogP contribution in [0.4, 0.5) is 11.4 Å². The van der Waals surface area contributed by atoms with Gasteiger partial charge in [-0.25, -0.2) is 0 Å².